The number of alkyl halides is 2. The monoisotopic (exact) mass is 529 g/mol. The van der Waals surface area contributed by atoms with Gasteiger partial charge in [0.1, 0.15) is 11.6 Å². The van der Waals surface area contributed by atoms with Crippen LogP contribution in [0.3, 0.4) is 0 Å². The van der Waals surface area contributed by atoms with Crippen LogP contribution in [0.2, 0.25) is 0 Å². The SMILES string of the molecule is [2H]c1c(CC(=O)C2(c3ccc4c(c3)OC(F)(F)O4)C([2H])([2H])C2([2H])[2H])c(F)c([2H])c2c1c([2H])c(C(C)(CC)C([2H])([2H])[2H])n2C([2H])([2H])[C@@H](O)CO. The summed E-state index contributed by atoms with van der Waals surface area (Å²) in [6.45, 7) is -4.85. The Labute approximate surface area is 229 Å². The maximum absolute atomic E-state index is 16.2. The number of rotatable bonds is 9. The van der Waals surface area contributed by atoms with E-state index in [1.165, 1.54) is 6.92 Å². The van der Waals surface area contributed by atoms with Crippen LogP contribution in [0.1, 0.15) is 73.1 Å². The van der Waals surface area contributed by atoms with Gasteiger partial charge in [0.25, 0.3) is 0 Å². The minimum Gasteiger partial charge on any atom is -0.395 e. The molecule has 1 aliphatic carbocycles. The molecule has 1 aromatic heterocycles. The average molecular weight is 530 g/mol. The first-order valence-electron chi connectivity index (χ1n) is 17.3. The lowest BCUT2D eigenvalue weighted by Crippen LogP contribution is -2.26. The van der Waals surface area contributed by atoms with E-state index in [-0.39, 0.29) is 6.42 Å². The molecule has 1 saturated carbocycles. The van der Waals surface area contributed by atoms with Crippen LogP contribution in [0.25, 0.3) is 10.9 Å². The second kappa shape index (κ2) is 8.77. The number of hydrogen-bond acceptors (Lipinski definition) is 5. The Kier molecular flexibility index (Phi) is 3.50. The summed E-state index contributed by atoms with van der Waals surface area (Å²) in [6.07, 6.45) is -14.0. The van der Waals surface area contributed by atoms with Crippen molar-refractivity contribution in [1.29, 1.82) is 0 Å². The van der Waals surface area contributed by atoms with Crippen LogP contribution in [-0.2, 0) is 28.5 Å². The smallest absolute Gasteiger partial charge is 0.395 e. The van der Waals surface area contributed by atoms with Crippen LogP contribution in [0.5, 0.6) is 11.5 Å². The van der Waals surface area contributed by atoms with Gasteiger partial charge >= 0.3 is 6.29 Å². The van der Waals surface area contributed by atoms with Crippen molar-refractivity contribution < 1.29 is 54.1 Å². The summed E-state index contributed by atoms with van der Waals surface area (Å²) in [5, 5.41) is 19.3. The number of carbonyl (C=O) groups excluding carboxylic acids is 1. The lowest BCUT2D eigenvalue weighted by Gasteiger charge is -2.26. The summed E-state index contributed by atoms with van der Waals surface area (Å²) in [5.74, 6) is -4.18. The number of ketones is 1. The third-order valence-corrected chi connectivity index (χ3v) is 6.34. The number of ether oxygens (including phenoxy) is 2. The molecule has 198 valence electrons. The van der Waals surface area contributed by atoms with Crippen molar-refractivity contribution in [1.82, 2.24) is 4.57 Å². The van der Waals surface area contributed by atoms with Crippen LogP contribution in [0.15, 0.2) is 36.3 Å². The molecule has 1 aliphatic heterocycles. The van der Waals surface area contributed by atoms with Gasteiger partial charge in [-0.1, -0.05) is 26.8 Å². The second-order valence-corrected chi connectivity index (χ2v) is 9.02. The third-order valence-electron chi connectivity index (χ3n) is 6.34. The number of aliphatic hydroxyl groups is 2. The van der Waals surface area contributed by atoms with Crippen LogP contribution in [-0.4, -0.2) is 39.6 Å². The zero-order chi connectivity index (χ0) is 37.2. The van der Waals surface area contributed by atoms with Crippen LogP contribution >= 0.6 is 0 Å². The molecule has 0 spiro atoms. The minimum atomic E-state index is -4.11. The largest absolute Gasteiger partial charge is 0.586 e. The molecule has 6 nitrogen and oxygen atoms in total. The summed E-state index contributed by atoms with van der Waals surface area (Å²) in [4.78, 5) is 14.0. The highest BCUT2D eigenvalue weighted by Gasteiger charge is 2.52. The number of carbonyl (C=O) groups is 1. The quantitative estimate of drug-likeness (QED) is 0.409. The van der Waals surface area contributed by atoms with Gasteiger partial charge in [0.2, 0.25) is 0 Å². The molecule has 2 heterocycles. The first-order valence-corrected chi connectivity index (χ1v) is 11.3. The van der Waals surface area contributed by atoms with Gasteiger partial charge in [0.05, 0.1) is 37.0 Å². The van der Waals surface area contributed by atoms with Crippen molar-refractivity contribution >= 4 is 16.7 Å². The van der Waals surface area contributed by atoms with E-state index in [2.05, 4.69) is 9.47 Å². The summed E-state index contributed by atoms with van der Waals surface area (Å²) < 4.78 is 155. The number of aromatic nitrogens is 1. The van der Waals surface area contributed by atoms with Crippen molar-refractivity contribution in [3.63, 3.8) is 0 Å². The lowest BCUT2D eigenvalue weighted by atomic mass is 9.86. The van der Waals surface area contributed by atoms with Gasteiger partial charge in [-0.2, -0.15) is 0 Å². The molecule has 2 aliphatic rings. The fraction of sp³-hybridized carbons (Fsp3) is 0.464. The Hall–Kier alpha value is -3.04. The molecule has 0 bridgehead atoms. The molecule has 2 aromatic carbocycles. The summed E-state index contributed by atoms with van der Waals surface area (Å²) >= 11 is 0. The Morgan fingerprint density at radius 3 is 2.70 bits per heavy atom. The maximum atomic E-state index is 16.2. The van der Waals surface area contributed by atoms with Gasteiger partial charge in [-0.3, -0.25) is 4.79 Å². The predicted molar refractivity (Wildman–Crippen MR) is 131 cm³/mol. The van der Waals surface area contributed by atoms with E-state index in [1.54, 1.807) is 0 Å². The lowest BCUT2D eigenvalue weighted by molar-refractivity contribution is -0.286. The van der Waals surface area contributed by atoms with E-state index in [1.807, 2.05) is 0 Å². The van der Waals surface area contributed by atoms with E-state index in [0.717, 1.165) is 25.1 Å². The summed E-state index contributed by atoms with van der Waals surface area (Å²) in [6, 6.07) is -0.492. The molecule has 0 saturated heterocycles. The van der Waals surface area contributed by atoms with E-state index in [4.69, 9.17) is 16.4 Å². The molecule has 3 aromatic rings. The number of halogens is 3. The Morgan fingerprint density at radius 1 is 1.32 bits per heavy atom. The topological polar surface area (TPSA) is 80.9 Å². The molecule has 2 atom stereocenters. The van der Waals surface area contributed by atoms with Crippen molar-refractivity contribution in [2.45, 2.75) is 76.0 Å². The molecular weight excluding hydrogens is 487 g/mol. The minimum absolute atomic E-state index is 0.292. The first kappa shape index (κ1) is 14.8. The zero-order valence-corrected chi connectivity index (χ0v) is 19.6. The van der Waals surface area contributed by atoms with Crippen molar-refractivity contribution in [2.75, 3.05) is 6.61 Å². The van der Waals surface area contributed by atoms with Gasteiger partial charge in [-0.15, -0.1) is 8.78 Å². The molecule has 1 fully saturated rings. The highest BCUT2D eigenvalue weighted by Crippen LogP contribution is 2.52. The average Bonchev–Trinajstić information content (AvgIpc) is 3.26. The van der Waals surface area contributed by atoms with Crippen LogP contribution < -0.4 is 9.47 Å². The number of Topliss-reactive ketones (excluding diaryl/α,β-unsaturated/α-hetero) is 1. The van der Waals surface area contributed by atoms with Crippen LogP contribution in [0, 0.1) is 5.82 Å². The number of fused-ring (bicyclic) bond motifs is 2. The molecule has 5 rings (SSSR count). The molecular formula is C28H30F3NO5. The van der Waals surface area contributed by atoms with Crippen molar-refractivity contribution in [3.05, 3.63) is 59.0 Å². The third kappa shape index (κ3) is 4.48. The first-order chi connectivity index (χ1) is 22.2. The standard InChI is InChI=1S/C28H30F3NO5/c1-4-26(2,3)24-10-17-9-16(20(29)13-21(17)32(24)14-19(34)15-33)11-25(35)27(7-8-27)18-5-6-22-23(12-18)37-28(30,31)36-22/h5-6,9-10,12-13,19,33-34H,4,7-8,11,14-15H2,1-3H3/t19-/m1/s1/i2D3,7D2,8D2,9D,10D,13D,14D2/t19-,26?. The van der Waals surface area contributed by atoms with E-state index >= 15 is 4.39 Å². The van der Waals surface area contributed by atoms with E-state index in [9.17, 15) is 23.8 Å². The molecule has 2 N–H and O–H groups in total. The highest BCUT2D eigenvalue weighted by molar-refractivity contribution is 5.95. The predicted octanol–water partition coefficient (Wildman–Crippen LogP) is 4.99. The number of benzene rings is 2. The fourth-order valence-electron chi connectivity index (χ4n) is 4.03. The van der Waals surface area contributed by atoms with Gasteiger partial charge < -0.3 is 24.3 Å². The van der Waals surface area contributed by atoms with E-state index in [0.29, 0.717) is 4.57 Å². The van der Waals surface area contributed by atoms with Gasteiger partial charge in [-0.05, 0) is 60.6 Å². The summed E-state index contributed by atoms with van der Waals surface area (Å²) in [5.41, 5.74) is -7.83. The molecule has 37 heavy (non-hydrogen) atoms. The number of aliphatic hydroxyl groups excluding tert-OH is 2. The van der Waals surface area contributed by atoms with Gasteiger partial charge in [0, 0.05) is 32.5 Å². The molecule has 1 unspecified atom stereocenters. The Balaban J connectivity index is 1.77. The number of hydrogen-bond donors (Lipinski definition) is 2. The normalized spacial score (nSPS) is 27.8. The van der Waals surface area contributed by atoms with Crippen molar-refractivity contribution in [3.8, 4) is 11.5 Å². The second-order valence-electron chi connectivity index (χ2n) is 9.02. The van der Waals surface area contributed by atoms with Gasteiger partial charge in [-0.25, -0.2) is 4.39 Å². The number of nitrogens with zero attached hydrogens (tertiary/aromatic N) is 1. The summed E-state index contributed by atoms with van der Waals surface area (Å²) in [7, 11) is 0. The fourth-order valence-corrected chi connectivity index (χ4v) is 4.03. The van der Waals surface area contributed by atoms with E-state index < -0.39 is 131 Å². The molecule has 0 radical (unpaired) electrons. The van der Waals surface area contributed by atoms with Crippen LogP contribution in [0.4, 0.5) is 13.2 Å². The Morgan fingerprint density at radius 2 is 2.05 bits per heavy atom. The maximum Gasteiger partial charge on any atom is 0.586 e. The molecule has 0 amide bonds. The zero-order valence-electron chi connectivity index (χ0n) is 31.6. The molecule has 9 heteroatoms. The van der Waals surface area contributed by atoms with Gasteiger partial charge in [0.15, 0.2) is 11.5 Å². The highest BCUT2D eigenvalue weighted by atomic mass is 19.3. The Bertz CT molecular complexity index is 1880. The van der Waals surface area contributed by atoms with Crippen molar-refractivity contribution in [2.24, 2.45) is 0 Å².